The Morgan fingerprint density at radius 3 is 2.35 bits per heavy atom. The van der Waals surface area contributed by atoms with E-state index in [1.807, 2.05) is 29.2 Å². The van der Waals surface area contributed by atoms with E-state index in [1.165, 1.54) is 6.07 Å². The number of carbonyl (C=O) groups is 1. The summed E-state index contributed by atoms with van der Waals surface area (Å²) in [5.41, 5.74) is 2.52. The lowest BCUT2D eigenvalue weighted by Gasteiger charge is -2.21. The molecule has 0 radical (unpaired) electrons. The average molecular weight is 442 g/mol. The van der Waals surface area contributed by atoms with Gasteiger partial charge in [0.05, 0.1) is 4.92 Å². The third kappa shape index (κ3) is 5.49. The zero-order chi connectivity index (χ0) is 22.4. The van der Waals surface area contributed by atoms with Gasteiger partial charge in [-0.3, -0.25) is 20.2 Å². The molecule has 0 atom stereocenters. The number of hydrogen-bond donors (Lipinski definition) is 2. The summed E-state index contributed by atoms with van der Waals surface area (Å²) in [5, 5.41) is 17.2. The van der Waals surface area contributed by atoms with E-state index in [0.29, 0.717) is 5.69 Å². The number of carbonyl (C=O) groups excluding carboxylic acids is 1. The molecule has 8 nitrogen and oxygen atoms in total. The van der Waals surface area contributed by atoms with Crippen LogP contribution in [0.5, 0.6) is 0 Å². The van der Waals surface area contributed by atoms with Gasteiger partial charge in [0.25, 0.3) is 11.6 Å². The minimum atomic E-state index is -0.492. The fraction of sp³-hybridized carbons (Fsp3) is 0.364. The number of benzene rings is 2. The van der Waals surface area contributed by atoms with Gasteiger partial charge in [-0.05, 0) is 75.3 Å². The van der Waals surface area contributed by atoms with Crippen LogP contribution in [0.4, 0.5) is 22.7 Å². The summed E-state index contributed by atoms with van der Waals surface area (Å²) in [4.78, 5) is 27.9. The first-order valence-electron chi connectivity index (χ1n) is 10.4. The summed E-state index contributed by atoms with van der Waals surface area (Å²) in [6.07, 6.45) is 2.02. The fourth-order valence-corrected chi connectivity index (χ4v) is 3.93. The van der Waals surface area contributed by atoms with E-state index < -0.39 is 10.8 Å². The molecule has 2 N–H and O–H groups in total. The number of anilines is 3. The number of rotatable bonds is 7. The number of nitro benzene ring substituents is 1. The van der Waals surface area contributed by atoms with Gasteiger partial charge in [-0.25, -0.2) is 0 Å². The number of nitrogens with zero attached hydrogens (tertiary/aromatic N) is 3. The van der Waals surface area contributed by atoms with E-state index >= 15 is 0 Å². The van der Waals surface area contributed by atoms with Gasteiger partial charge in [0.1, 0.15) is 5.69 Å². The van der Waals surface area contributed by atoms with E-state index in [-0.39, 0.29) is 16.4 Å². The molecule has 9 heteroatoms. The summed E-state index contributed by atoms with van der Waals surface area (Å²) in [6, 6.07) is 12.3. The second kappa shape index (κ2) is 10.2. The quantitative estimate of drug-likeness (QED) is 0.379. The largest absolute Gasteiger partial charge is 0.372 e. The van der Waals surface area contributed by atoms with E-state index in [4.69, 9.17) is 12.2 Å². The summed E-state index contributed by atoms with van der Waals surface area (Å²) in [5.74, 6) is -0.492. The lowest BCUT2D eigenvalue weighted by Crippen LogP contribution is -2.34. The molecule has 1 aliphatic rings. The number of thiocarbonyl (C=S) groups is 1. The van der Waals surface area contributed by atoms with Gasteiger partial charge in [0, 0.05) is 49.2 Å². The maximum Gasteiger partial charge on any atom is 0.293 e. The first-order valence-corrected chi connectivity index (χ1v) is 10.8. The number of amides is 1. The van der Waals surface area contributed by atoms with E-state index in [1.54, 1.807) is 12.1 Å². The third-order valence-electron chi connectivity index (χ3n) is 5.36. The van der Waals surface area contributed by atoms with Gasteiger partial charge in [0.15, 0.2) is 5.11 Å². The zero-order valence-corrected chi connectivity index (χ0v) is 18.6. The maximum absolute atomic E-state index is 12.6. The molecule has 1 heterocycles. The van der Waals surface area contributed by atoms with Crippen molar-refractivity contribution in [2.45, 2.75) is 26.7 Å². The molecule has 0 aliphatic carbocycles. The van der Waals surface area contributed by atoms with Crippen LogP contribution in [0.25, 0.3) is 0 Å². The Hall–Kier alpha value is -3.20. The standard InChI is InChI=1S/C22H27N5O3S/c1-3-25(4-2)18-10-8-17(9-11-18)23-22(31)24-21(28)16-7-12-19(20(15-16)27(29)30)26-13-5-6-14-26/h7-12,15H,3-6,13-14H2,1-2H3,(H2,23,24,28,31). The maximum atomic E-state index is 12.6. The normalized spacial score (nSPS) is 13.0. The molecular weight excluding hydrogens is 414 g/mol. The van der Waals surface area contributed by atoms with Crippen molar-refractivity contribution >= 4 is 46.0 Å². The van der Waals surface area contributed by atoms with E-state index in [0.717, 1.165) is 50.4 Å². The lowest BCUT2D eigenvalue weighted by molar-refractivity contribution is -0.384. The van der Waals surface area contributed by atoms with Crippen molar-refractivity contribution in [2.75, 3.05) is 41.3 Å². The Labute approximate surface area is 187 Å². The van der Waals surface area contributed by atoms with Crippen LogP contribution in [0, 0.1) is 10.1 Å². The van der Waals surface area contributed by atoms with Crippen molar-refractivity contribution in [1.82, 2.24) is 5.32 Å². The molecule has 2 aromatic rings. The van der Waals surface area contributed by atoms with Crippen molar-refractivity contribution in [3.63, 3.8) is 0 Å². The van der Waals surface area contributed by atoms with Crippen LogP contribution >= 0.6 is 12.2 Å². The highest BCUT2D eigenvalue weighted by Gasteiger charge is 2.24. The lowest BCUT2D eigenvalue weighted by atomic mass is 10.1. The molecule has 1 aliphatic heterocycles. The highest BCUT2D eigenvalue weighted by molar-refractivity contribution is 7.80. The van der Waals surface area contributed by atoms with Crippen LogP contribution in [0.2, 0.25) is 0 Å². The third-order valence-corrected chi connectivity index (χ3v) is 5.57. The van der Waals surface area contributed by atoms with Crippen LogP contribution in [-0.2, 0) is 0 Å². The molecule has 0 bridgehead atoms. The Bertz CT molecular complexity index is 954. The monoisotopic (exact) mass is 441 g/mol. The molecule has 0 aromatic heterocycles. The zero-order valence-electron chi connectivity index (χ0n) is 17.8. The fourth-order valence-electron chi connectivity index (χ4n) is 3.72. The van der Waals surface area contributed by atoms with E-state index in [9.17, 15) is 14.9 Å². The molecule has 0 unspecified atom stereocenters. The SMILES string of the molecule is CCN(CC)c1ccc(NC(=S)NC(=O)c2ccc(N3CCCC3)c([N+](=O)[O-])c2)cc1. The van der Waals surface area contributed by atoms with Crippen LogP contribution in [0.1, 0.15) is 37.0 Å². The highest BCUT2D eigenvalue weighted by Crippen LogP contribution is 2.31. The predicted molar refractivity (Wildman–Crippen MR) is 128 cm³/mol. The van der Waals surface area contributed by atoms with Gasteiger partial charge in [-0.15, -0.1) is 0 Å². The van der Waals surface area contributed by atoms with Gasteiger partial charge in [-0.2, -0.15) is 0 Å². The Balaban J connectivity index is 1.66. The summed E-state index contributed by atoms with van der Waals surface area (Å²) in [6.45, 7) is 7.60. The average Bonchev–Trinajstić information content (AvgIpc) is 3.30. The second-order valence-electron chi connectivity index (χ2n) is 7.28. The number of nitro groups is 1. The van der Waals surface area contributed by atoms with Gasteiger partial charge < -0.3 is 15.1 Å². The van der Waals surface area contributed by atoms with Gasteiger partial charge in [0.2, 0.25) is 0 Å². The molecule has 164 valence electrons. The smallest absolute Gasteiger partial charge is 0.293 e. The van der Waals surface area contributed by atoms with Crippen molar-refractivity contribution in [3.8, 4) is 0 Å². The summed E-state index contributed by atoms with van der Waals surface area (Å²) >= 11 is 5.24. The van der Waals surface area contributed by atoms with Crippen LogP contribution in [0.15, 0.2) is 42.5 Å². The van der Waals surface area contributed by atoms with Gasteiger partial charge >= 0.3 is 0 Å². The molecule has 1 saturated heterocycles. The van der Waals surface area contributed by atoms with E-state index in [2.05, 4.69) is 29.4 Å². The summed E-state index contributed by atoms with van der Waals surface area (Å²) in [7, 11) is 0. The van der Waals surface area contributed by atoms with Crippen LogP contribution < -0.4 is 20.4 Å². The molecule has 3 rings (SSSR count). The molecular formula is C22H27N5O3S. The molecule has 0 saturated carbocycles. The predicted octanol–water partition coefficient (Wildman–Crippen LogP) is 4.17. The summed E-state index contributed by atoms with van der Waals surface area (Å²) < 4.78 is 0. The molecule has 0 spiro atoms. The van der Waals surface area contributed by atoms with Crippen molar-refractivity contribution in [2.24, 2.45) is 0 Å². The van der Waals surface area contributed by atoms with Crippen molar-refractivity contribution < 1.29 is 9.72 Å². The Kier molecular flexibility index (Phi) is 7.41. The van der Waals surface area contributed by atoms with Crippen LogP contribution in [0.3, 0.4) is 0 Å². The first-order chi connectivity index (χ1) is 14.9. The van der Waals surface area contributed by atoms with Crippen LogP contribution in [-0.4, -0.2) is 42.1 Å². The molecule has 31 heavy (non-hydrogen) atoms. The highest BCUT2D eigenvalue weighted by atomic mass is 32.1. The van der Waals surface area contributed by atoms with Crippen molar-refractivity contribution in [3.05, 3.63) is 58.1 Å². The minimum absolute atomic E-state index is 0.0691. The number of nitrogens with one attached hydrogen (secondary N) is 2. The second-order valence-corrected chi connectivity index (χ2v) is 7.69. The van der Waals surface area contributed by atoms with Crippen molar-refractivity contribution in [1.29, 1.82) is 0 Å². The molecule has 1 amide bonds. The Morgan fingerprint density at radius 1 is 1.13 bits per heavy atom. The minimum Gasteiger partial charge on any atom is -0.372 e. The topological polar surface area (TPSA) is 90.8 Å². The molecule has 1 fully saturated rings. The Morgan fingerprint density at radius 2 is 1.77 bits per heavy atom. The molecule has 2 aromatic carbocycles. The first kappa shape index (κ1) is 22.5. The number of hydrogen-bond acceptors (Lipinski definition) is 6. The van der Waals surface area contributed by atoms with Gasteiger partial charge in [-0.1, -0.05) is 0 Å².